The Bertz CT molecular complexity index is 855. The number of nitrogens with one attached hydrogen (secondary N) is 2. The molecule has 0 heterocycles. The number of benzene rings is 2. The lowest BCUT2D eigenvalue weighted by atomic mass is 10.2. The van der Waals surface area contributed by atoms with Gasteiger partial charge in [0.15, 0.2) is 11.5 Å². The summed E-state index contributed by atoms with van der Waals surface area (Å²) in [7, 11) is 4.52. The Balaban J connectivity index is 1.96. The van der Waals surface area contributed by atoms with E-state index in [1.807, 2.05) is 25.1 Å². The zero-order valence-electron chi connectivity index (χ0n) is 16.2. The topological polar surface area (TPSA) is 98.2 Å². The van der Waals surface area contributed by atoms with Crippen molar-refractivity contribution < 1.29 is 23.8 Å². The zero-order chi connectivity index (χ0) is 20.5. The van der Waals surface area contributed by atoms with Crippen LogP contribution in [0.5, 0.6) is 17.2 Å². The van der Waals surface area contributed by atoms with Gasteiger partial charge in [0.1, 0.15) is 6.42 Å². The van der Waals surface area contributed by atoms with E-state index >= 15 is 0 Å². The predicted molar refractivity (Wildman–Crippen MR) is 106 cm³/mol. The molecule has 0 radical (unpaired) electrons. The number of hydrogen-bond acceptors (Lipinski definition) is 6. The number of amides is 2. The van der Waals surface area contributed by atoms with Gasteiger partial charge in [-0.25, -0.2) is 5.43 Å². The van der Waals surface area contributed by atoms with Crippen molar-refractivity contribution in [2.45, 2.75) is 13.3 Å². The van der Waals surface area contributed by atoms with E-state index in [-0.39, 0.29) is 6.42 Å². The second kappa shape index (κ2) is 9.96. The van der Waals surface area contributed by atoms with E-state index in [1.165, 1.54) is 27.5 Å². The van der Waals surface area contributed by atoms with Gasteiger partial charge < -0.3 is 19.5 Å². The lowest BCUT2D eigenvalue weighted by molar-refractivity contribution is -0.126. The third-order valence-electron chi connectivity index (χ3n) is 3.83. The molecule has 8 heteroatoms. The summed E-state index contributed by atoms with van der Waals surface area (Å²) in [5.74, 6) is 0.433. The number of ether oxygens (including phenoxy) is 3. The molecule has 28 heavy (non-hydrogen) atoms. The quantitative estimate of drug-likeness (QED) is 0.413. The first-order valence-electron chi connectivity index (χ1n) is 8.46. The second-order valence-electron chi connectivity index (χ2n) is 5.79. The normalized spacial score (nSPS) is 10.4. The average Bonchev–Trinajstić information content (AvgIpc) is 2.68. The molecular weight excluding hydrogens is 362 g/mol. The molecule has 0 unspecified atom stereocenters. The highest BCUT2D eigenvalue weighted by molar-refractivity contribution is 6.04. The number of methoxy groups -OCH3 is 3. The van der Waals surface area contributed by atoms with Gasteiger partial charge in [-0.2, -0.15) is 5.10 Å². The summed E-state index contributed by atoms with van der Waals surface area (Å²) in [4.78, 5) is 23.9. The molecule has 0 saturated heterocycles. The van der Waals surface area contributed by atoms with E-state index in [9.17, 15) is 9.59 Å². The van der Waals surface area contributed by atoms with Crippen LogP contribution in [0.2, 0.25) is 0 Å². The molecule has 0 aliphatic rings. The fourth-order valence-corrected chi connectivity index (χ4v) is 2.45. The van der Waals surface area contributed by atoms with Crippen LogP contribution in [0.1, 0.15) is 17.5 Å². The molecule has 0 atom stereocenters. The van der Waals surface area contributed by atoms with Crippen LogP contribution in [0.3, 0.4) is 0 Å². The van der Waals surface area contributed by atoms with E-state index in [1.54, 1.807) is 18.2 Å². The summed E-state index contributed by atoms with van der Waals surface area (Å²) in [5, 5.41) is 6.56. The highest BCUT2D eigenvalue weighted by Crippen LogP contribution is 2.37. The van der Waals surface area contributed by atoms with Gasteiger partial charge in [0.25, 0.3) is 0 Å². The number of rotatable bonds is 8. The average molecular weight is 385 g/mol. The van der Waals surface area contributed by atoms with Crippen molar-refractivity contribution in [3.8, 4) is 17.2 Å². The molecule has 0 aliphatic heterocycles. The third kappa shape index (κ3) is 5.47. The van der Waals surface area contributed by atoms with E-state index < -0.39 is 11.8 Å². The Kier molecular flexibility index (Phi) is 7.38. The highest BCUT2D eigenvalue weighted by Gasteiger charge is 2.13. The zero-order valence-corrected chi connectivity index (χ0v) is 16.2. The van der Waals surface area contributed by atoms with Gasteiger partial charge in [-0.15, -0.1) is 0 Å². The van der Waals surface area contributed by atoms with Crippen molar-refractivity contribution in [1.82, 2.24) is 5.43 Å². The van der Waals surface area contributed by atoms with Gasteiger partial charge in [-0.1, -0.05) is 18.2 Å². The summed E-state index contributed by atoms with van der Waals surface area (Å²) in [6.07, 6.45) is 1.07. The van der Waals surface area contributed by atoms with Gasteiger partial charge in [0.05, 0.1) is 27.5 Å². The van der Waals surface area contributed by atoms with Crippen LogP contribution in [-0.4, -0.2) is 39.4 Å². The number of carbonyl (C=O) groups is 2. The van der Waals surface area contributed by atoms with Crippen LogP contribution in [0, 0.1) is 6.92 Å². The van der Waals surface area contributed by atoms with E-state index in [0.29, 0.717) is 28.5 Å². The molecule has 2 aromatic rings. The molecule has 0 aromatic heterocycles. The summed E-state index contributed by atoms with van der Waals surface area (Å²) in [6, 6.07) is 10.7. The Morgan fingerprint density at radius 1 is 1.00 bits per heavy atom. The monoisotopic (exact) mass is 385 g/mol. The van der Waals surface area contributed by atoms with Crippen LogP contribution < -0.4 is 25.0 Å². The maximum Gasteiger partial charge on any atom is 0.249 e. The van der Waals surface area contributed by atoms with E-state index in [0.717, 1.165) is 5.56 Å². The van der Waals surface area contributed by atoms with Crippen molar-refractivity contribution in [2.75, 3.05) is 26.6 Å². The first kappa shape index (κ1) is 20.8. The Morgan fingerprint density at radius 3 is 2.21 bits per heavy atom. The number of anilines is 1. The fourth-order valence-electron chi connectivity index (χ4n) is 2.45. The molecular formula is C20H23N3O5. The summed E-state index contributed by atoms with van der Waals surface area (Å²) in [6.45, 7) is 1.87. The SMILES string of the molecule is COc1cc(C=NNC(=O)CC(=O)Nc2ccccc2C)cc(OC)c1OC. The number of hydrogen-bond donors (Lipinski definition) is 2. The van der Waals surface area contributed by atoms with Gasteiger partial charge in [0, 0.05) is 11.3 Å². The number of nitrogens with zero attached hydrogens (tertiary/aromatic N) is 1. The largest absolute Gasteiger partial charge is 0.493 e. The maximum absolute atomic E-state index is 12.0. The molecule has 0 bridgehead atoms. The van der Waals surface area contributed by atoms with E-state index in [2.05, 4.69) is 15.8 Å². The van der Waals surface area contributed by atoms with Gasteiger partial charge in [0.2, 0.25) is 17.6 Å². The molecule has 148 valence electrons. The molecule has 0 fully saturated rings. The number of aryl methyl sites for hydroxylation is 1. The molecule has 0 spiro atoms. The van der Waals surface area contributed by atoms with Gasteiger partial charge in [-0.3, -0.25) is 9.59 Å². The minimum absolute atomic E-state index is 0.346. The van der Waals surface area contributed by atoms with Crippen LogP contribution in [0.15, 0.2) is 41.5 Å². The van der Waals surface area contributed by atoms with Crippen molar-refractivity contribution in [3.05, 3.63) is 47.5 Å². The molecule has 2 aromatic carbocycles. The number of hydrazone groups is 1. The van der Waals surface area contributed by atoms with Crippen LogP contribution >= 0.6 is 0 Å². The smallest absolute Gasteiger partial charge is 0.249 e. The summed E-state index contributed by atoms with van der Waals surface area (Å²) >= 11 is 0. The molecule has 8 nitrogen and oxygen atoms in total. The predicted octanol–water partition coefficient (Wildman–Crippen LogP) is 2.50. The van der Waals surface area contributed by atoms with Gasteiger partial charge >= 0.3 is 0 Å². The van der Waals surface area contributed by atoms with Crippen molar-refractivity contribution in [1.29, 1.82) is 0 Å². The Morgan fingerprint density at radius 2 is 1.64 bits per heavy atom. The van der Waals surface area contributed by atoms with E-state index in [4.69, 9.17) is 14.2 Å². The third-order valence-corrected chi connectivity index (χ3v) is 3.83. The number of para-hydroxylation sites is 1. The maximum atomic E-state index is 12.0. The summed E-state index contributed by atoms with van der Waals surface area (Å²) < 4.78 is 15.8. The minimum atomic E-state index is -0.533. The van der Waals surface area contributed by atoms with Crippen LogP contribution in [0.4, 0.5) is 5.69 Å². The number of carbonyl (C=O) groups excluding carboxylic acids is 2. The van der Waals surface area contributed by atoms with Crippen LogP contribution in [-0.2, 0) is 9.59 Å². The van der Waals surface area contributed by atoms with Gasteiger partial charge in [-0.05, 0) is 30.7 Å². The molecule has 2 N–H and O–H groups in total. The fraction of sp³-hybridized carbons (Fsp3) is 0.250. The summed E-state index contributed by atoms with van der Waals surface area (Å²) in [5.41, 5.74) is 4.53. The lowest BCUT2D eigenvalue weighted by Gasteiger charge is -2.12. The second-order valence-corrected chi connectivity index (χ2v) is 5.79. The lowest BCUT2D eigenvalue weighted by Crippen LogP contribution is -2.24. The molecule has 2 amide bonds. The molecule has 2 rings (SSSR count). The Labute approximate surface area is 163 Å². The first-order chi connectivity index (χ1) is 13.5. The Hall–Kier alpha value is -3.55. The standard InChI is InChI=1S/C20H23N3O5/c1-13-7-5-6-8-15(13)22-18(24)11-19(25)23-21-12-14-9-16(26-2)20(28-4)17(10-14)27-3/h5-10,12H,11H2,1-4H3,(H,22,24)(H,23,25). The first-order valence-corrected chi connectivity index (χ1v) is 8.46. The molecule has 0 aliphatic carbocycles. The minimum Gasteiger partial charge on any atom is -0.493 e. The van der Waals surface area contributed by atoms with Crippen molar-refractivity contribution in [2.24, 2.45) is 5.10 Å². The van der Waals surface area contributed by atoms with Crippen molar-refractivity contribution in [3.63, 3.8) is 0 Å². The highest BCUT2D eigenvalue weighted by atomic mass is 16.5. The van der Waals surface area contributed by atoms with Crippen LogP contribution in [0.25, 0.3) is 0 Å². The molecule has 0 saturated carbocycles. The van der Waals surface area contributed by atoms with Crippen molar-refractivity contribution >= 4 is 23.7 Å².